The summed E-state index contributed by atoms with van der Waals surface area (Å²) in [7, 11) is 0. The summed E-state index contributed by atoms with van der Waals surface area (Å²) in [4.78, 5) is 14.4. The van der Waals surface area contributed by atoms with Crippen molar-refractivity contribution in [2.24, 2.45) is 0 Å². The summed E-state index contributed by atoms with van der Waals surface area (Å²) in [6.45, 7) is 1.42. The number of H-pyrrole nitrogens is 1. The fraction of sp³-hybridized carbons (Fsp3) is 0.138. The van der Waals surface area contributed by atoms with Crippen molar-refractivity contribution in [3.63, 3.8) is 0 Å². The highest BCUT2D eigenvalue weighted by molar-refractivity contribution is 5.80. The molecule has 0 saturated heterocycles. The van der Waals surface area contributed by atoms with Crippen LogP contribution in [0.2, 0.25) is 0 Å². The molecule has 0 amide bonds. The highest BCUT2D eigenvalue weighted by atomic mass is 16.5. The van der Waals surface area contributed by atoms with Crippen molar-refractivity contribution in [2.45, 2.75) is 13.0 Å². The number of nitrogens with zero attached hydrogens (tertiary/aromatic N) is 2. The lowest BCUT2D eigenvalue weighted by atomic mass is 9.97. The quantitative estimate of drug-likeness (QED) is 0.304. The SMILES string of the molecule is N#Cc1c(N)[nH]c(=O)c(C#N)c1-c1ccc(OCCCOc2ccc(OCc3ccccc3)cc2)cc1. The third kappa shape index (κ3) is 6.27. The Balaban J connectivity index is 1.25. The van der Waals surface area contributed by atoms with Crippen molar-refractivity contribution in [1.82, 2.24) is 4.98 Å². The van der Waals surface area contributed by atoms with E-state index in [0.29, 0.717) is 37.6 Å². The topological polar surface area (TPSA) is 134 Å². The number of benzene rings is 3. The van der Waals surface area contributed by atoms with E-state index in [0.717, 1.165) is 17.1 Å². The second kappa shape index (κ2) is 12.0. The molecule has 37 heavy (non-hydrogen) atoms. The number of pyridine rings is 1. The molecular weight excluding hydrogens is 468 g/mol. The molecule has 1 aromatic heterocycles. The molecule has 4 aromatic rings. The molecule has 0 bridgehead atoms. The van der Waals surface area contributed by atoms with E-state index in [1.807, 2.05) is 66.7 Å². The minimum atomic E-state index is -0.635. The fourth-order valence-corrected chi connectivity index (χ4v) is 3.66. The monoisotopic (exact) mass is 492 g/mol. The Morgan fingerprint density at radius 2 is 1.27 bits per heavy atom. The zero-order chi connectivity index (χ0) is 26.0. The summed E-state index contributed by atoms with van der Waals surface area (Å²) in [5.74, 6) is 2.05. The molecule has 4 rings (SSSR count). The maximum atomic E-state index is 12.1. The maximum absolute atomic E-state index is 12.1. The van der Waals surface area contributed by atoms with Gasteiger partial charge in [0.25, 0.3) is 5.56 Å². The van der Waals surface area contributed by atoms with E-state index < -0.39 is 5.56 Å². The van der Waals surface area contributed by atoms with Crippen LogP contribution in [-0.4, -0.2) is 18.2 Å². The minimum absolute atomic E-state index is 0.0535. The molecule has 0 aliphatic rings. The normalized spacial score (nSPS) is 10.2. The van der Waals surface area contributed by atoms with Gasteiger partial charge in [-0.25, -0.2) is 0 Å². The Hall–Kier alpha value is -5.21. The van der Waals surface area contributed by atoms with Crippen molar-refractivity contribution in [3.8, 4) is 40.5 Å². The van der Waals surface area contributed by atoms with Crippen LogP contribution in [0.5, 0.6) is 17.2 Å². The highest BCUT2D eigenvalue weighted by Gasteiger charge is 2.18. The number of nitrogen functional groups attached to an aromatic ring is 1. The van der Waals surface area contributed by atoms with Gasteiger partial charge in [-0.3, -0.25) is 4.79 Å². The first-order valence-corrected chi connectivity index (χ1v) is 11.6. The van der Waals surface area contributed by atoms with E-state index in [1.165, 1.54) is 0 Å². The van der Waals surface area contributed by atoms with Crippen LogP contribution in [0.3, 0.4) is 0 Å². The molecule has 3 aromatic carbocycles. The van der Waals surface area contributed by atoms with E-state index in [2.05, 4.69) is 4.98 Å². The average Bonchev–Trinajstić information content (AvgIpc) is 2.93. The van der Waals surface area contributed by atoms with Crippen molar-refractivity contribution in [2.75, 3.05) is 18.9 Å². The molecule has 184 valence electrons. The van der Waals surface area contributed by atoms with E-state index in [9.17, 15) is 15.3 Å². The highest BCUT2D eigenvalue weighted by Crippen LogP contribution is 2.29. The predicted molar refractivity (Wildman–Crippen MR) is 139 cm³/mol. The first-order valence-electron chi connectivity index (χ1n) is 11.6. The van der Waals surface area contributed by atoms with Gasteiger partial charge in [0.1, 0.15) is 52.9 Å². The number of rotatable bonds is 10. The standard InChI is InChI=1S/C29H24N4O4/c30-17-25-27(26(18-31)29(34)33-28(25)32)21-7-9-22(10-8-21)35-15-4-16-36-23-11-13-24(14-12-23)37-19-20-5-2-1-3-6-20/h1-3,5-14H,4,15-16,19H2,(H3,32,33,34). The number of ether oxygens (including phenoxy) is 3. The summed E-state index contributed by atoms with van der Waals surface area (Å²) >= 11 is 0. The lowest BCUT2D eigenvalue weighted by molar-refractivity contribution is 0.247. The Kier molecular flexibility index (Phi) is 8.05. The average molecular weight is 493 g/mol. The molecule has 0 unspecified atom stereocenters. The van der Waals surface area contributed by atoms with E-state index >= 15 is 0 Å². The van der Waals surface area contributed by atoms with Gasteiger partial charge >= 0.3 is 0 Å². The van der Waals surface area contributed by atoms with Gasteiger partial charge in [0.05, 0.1) is 13.2 Å². The largest absolute Gasteiger partial charge is 0.493 e. The Bertz CT molecular complexity index is 1480. The number of nitriles is 2. The molecule has 0 spiro atoms. The van der Waals surface area contributed by atoms with Crippen LogP contribution < -0.4 is 25.5 Å². The van der Waals surface area contributed by atoms with Crippen LogP contribution in [0.15, 0.2) is 83.7 Å². The van der Waals surface area contributed by atoms with Gasteiger partial charge in [-0.05, 0) is 47.5 Å². The summed E-state index contributed by atoms with van der Waals surface area (Å²) < 4.78 is 17.3. The van der Waals surface area contributed by atoms with Crippen molar-refractivity contribution >= 4 is 5.82 Å². The molecule has 8 nitrogen and oxygen atoms in total. The van der Waals surface area contributed by atoms with Crippen LogP contribution in [0, 0.1) is 22.7 Å². The van der Waals surface area contributed by atoms with E-state index in [4.69, 9.17) is 19.9 Å². The van der Waals surface area contributed by atoms with Crippen LogP contribution in [0.25, 0.3) is 11.1 Å². The van der Waals surface area contributed by atoms with Crippen molar-refractivity contribution < 1.29 is 14.2 Å². The van der Waals surface area contributed by atoms with Crippen molar-refractivity contribution in [1.29, 1.82) is 10.5 Å². The molecule has 1 heterocycles. The lowest BCUT2D eigenvalue weighted by Gasteiger charge is -2.11. The van der Waals surface area contributed by atoms with Crippen LogP contribution in [0.4, 0.5) is 5.82 Å². The second-order valence-electron chi connectivity index (χ2n) is 8.04. The van der Waals surface area contributed by atoms with E-state index in [-0.39, 0.29) is 22.5 Å². The Morgan fingerprint density at radius 1 is 0.730 bits per heavy atom. The summed E-state index contributed by atoms with van der Waals surface area (Å²) in [6.07, 6.45) is 0.662. The molecule has 0 saturated carbocycles. The van der Waals surface area contributed by atoms with Gasteiger partial charge in [0.2, 0.25) is 0 Å². The number of anilines is 1. The van der Waals surface area contributed by atoms with Gasteiger partial charge in [0, 0.05) is 12.0 Å². The van der Waals surface area contributed by atoms with E-state index in [1.54, 1.807) is 24.3 Å². The summed E-state index contributed by atoms with van der Waals surface area (Å²) in [6, 6.07) is 28.1. The number of hydrogen-bond donors (Lipinski definition) is 2. The van der Waals surface area contributed by atoms with Gasteiger partial charge < -0.3 is 24.9 Å². The zero-order valence-electron chi connectivity index (χ0n) is 19.9. The second-order valence-corrected chi connectivity index (χ2v) is 8.04. The first-order chi connectivity index (χ1) is 18.1. The van der Waals surface area contributed by atoms with Crippen molar-refractivity contribution in [3.05, 3.63) is 106 Å². The molecule has 0 fully saturated rings. The fourth-order valence-electron chi connectivity index (χ4n) is 3.66. The number of aromatic amines is 1. The molecule has 0 atom stereocenters. The maximum Gasteiger partial charge on any atom is 0.268 e. The molecular formula is C29H24N4O4. The van der Waals surface area contributed by atoms with Crippen LogP contribution >= 0.6 is 0 Å². The molecule has 0 radical (unpaired) electrons. The zero-order valence-corrected chi connectivity index (χ0v) is 19.9. The predicted octanol–water partition coefficient (Wildman–Crippen LogP) is 4.79. The smallest absolute Gasteiger partial charge is 0.268 e. The van der Waals surface area contributed by atoms with Gasteiger partial charge in [-0.2, -0.15) is 10.5 Å². The molecule has 8 heteroatoms. The first kappa shape index (κ1) is 24.9. The minimum Gasteiger partial charge on any atom is -0.493 e. The van der Waals surface area contributed by atoms with Gasteiger partial charge in [-0.15, -0.1) is 0 Å². The van der Waals surface area contributed by atoms with Crippen LogP contribution in [-0.2, 0) is 6.61 Å². The molecule has 3 N–H and O–H groups in total. The number of nitrogens with two attached hydrogens (primary N) is 1. The summed E-state index contributed by atoms with van der Waals surface area (Å²) in [5, 5.41) is 18.8. The third-order valence-electron chi connectivity index (χ3n) is 5.51. The third-order valence-corrected chi connectivity index (χ3v) is 5.51. The Morgan fingerprint density at radius 3 is 1.84 bits per heavy atom. The number of hydrogen-bond acceptors (Lipinski definition) is 7. The van der Waals surface area contributed by atoms with Crippen LogP contribution in [0.1, 0.15) is 23.1 Å². The van der Waals surface area contributed by atoms with Gasteiger partial charge in [0.15, 0.2) is 0 Å². The molecule has 0 aliphatic heterocycles. The Labute approximate surface area is 214 Å². The molecule has 0 aliphatic carbocycles. The number of aromatic nitrogens is 1. The van der Waals surface area contributed by atoms with Gasteiger partial charge in [-0.1, -0.05) is 42.5 Å². The number of nitrogens with one attached hydrogen (secondary N) is 1. The lowest BCUT2D eigenvalue weighted by Crippen LogP contribution is -2.16. The summed E-state index contributed by atoms with van der Waals surface area (Å²) in [5.41, 5.74) is 6.87.